The van der Waals surface area contributed by atoms with E-state index in [1.165, 1.54) is 0 Å². The maximum absolute atomic E-state index is 12.1. The highest BCUT2D eigenvalue weighted by molar-refractivity contribution is 7.92. The van der Waals surface area contributed by atoms with Gasteiger partial charge < -0.3 is 10.1 Å². The lowest BCUT2D eigenvalue weighted by molar-refractivity contribution is -0.116. The summed E-state index contributed by atoms with van der Waals surface area (Å²) in [5.41, 5.74) is 1.82. The van der Waals surface area contributed by atoms with E-state index in [1.807, 2.05) is 31.2 Å². The average Bonchev–Trinajstić information content (AvgIpc) is 2.54. The molecule has 6 nitrogen and oxygen atoms in total. The van der Waals surface area contributed by atoms with E-state index in [1.54, 1.807) is 24.3 Å². The molecule has 0 unspecified atom stereocenters. The molecule has 0 bridgehead atoms. The number of carbonyl (C=O) groups excluding carboxylic acids is 1. The van der Waals surface area contributed by atoms with Crippen molar-refractivity contribution in [2.45, 2.75) is 19.8 Å². The van der Waals surface area contributed by atoms with Gasteiger partial charge in [0.2, 0.25) is 15.9 Å². The smallest absolute Gasteiger partial charge is 0.229 e. The lowest BCUT2D eigenvalue weighted by Crippen LogP contribution is -2.16. The molecule has 134 valence electrons. The molecule has 0 spiro atoms. The van der Waals surface area contributed by atoms with Crippen molar-refractivity contribution < 1.29 is 17.9 Å². The molecule has 0 aliphatic carbocycles. The van der Waals surface area contributed by atoms with Crippen molar-refractivity contribution in [2.75, 3.05) is 22.9 Å². The number of benzene rings is 2. The zero-order chi connectivity index (χ0) is 18.3. The summed E-state index contributed by atoms with van der Waals surface area (Å²) >= 11 is 0. The van der Waals surface area contributed by atoms with Crippen molar-refractivity contribution in [3.63, 3.8) is 0 Å². The summed E-state index contributed by atoms with van der Waals surface area (Å²) in [6.45, 7) is 2.40. The molecule has 2 aromatic carbocycles. The number of carbonyl (C=O) groups is 1. The van der Waals surface area contributed by atoms with Gasteiger partial charge in [-0.2, -0.15) is 0 Å². The van der Waals surface area contributed by atoms with Gasteiger partial charge in [-0.25, -0.2) is 8.42 Å². The fourth-order valence-corrected chi connectivity index (χ4v) is 2.80. The molecule has 2 rings (SSSR count). The molecular weight excluding hydrogens is 340 g/mol. The van der Waals surface area contributed by atoms with Gasteiger partial charge in [-0.1, -0.05) is 30.3 Å². The van der Waals surface area contributed by atoms with Gasteiger partial charge >= 0.3 is 0 Å². The Labute approximate surface area is 148 Å². The van der Waals surface area contributed by atoms with Gasteiger partial charge in [0.25, 0.3) is 0 Å². The van der Waals surface area contributed by atoms with Crippen molar-refractivity contribution in [2.24, 2.45) is 0 Å². The number of aryl methyl sites for hydroxylation is 1. The first-order valence-corrected chi connectivity index (χ1v) is 9.79. The van der Waals surface area contributed by atoms with Gasteiger partial charge in [0, 0.05) is 6.42 Å². The van der Waals surface area contributed by atoms with E-state index < -0.39 is 10.0 Å². The van der Waals surface area contributed by atoms with Crippen LogP contribution >= 0.6 is 0 Å². The highest BCUT2D eigenvalue weighted by atomic mass is 32.2. The quantitative estimate of drug-likeness (QED) is 0.707. The summed E-state index contributed by atoms with van der Waals surface area (Å²) in [4.78, 5) is 12.1. The summed E-state index contributed by atoms with van der Waals surface area (Å²) < 4.78 is 30.8. The molecule has 25 heavy (non-hydrogen) atoms. The standard InChI is InChI=1S/C18H22N2O4S/c1-14-8-3-6-11-17(14)24-13-7-12-18(21)19-15-9-4-5-10-16(15)20-25(2,22)23/h3-6,8-11,20H,7,12-13H2,1-2H3,(H,19,21). The first-order chi connectivity index (χ1) is 11.8. The molecule has 0 aliphatic rings. The minimum Gasteiger partial charge on any atom is -0.493 e. The predicted molar refractivity (Wildman–Crippen MR) is 99.4 cm³/mol. The Bertz CT molecular complexity index is 834. The fourth-order valence-electron chi connectivity index (χ4n) is 2.23. The van der Waals surface area contributed by atoms with Gasteiger partial charge in [0.1, 0.15) is 5.75 Å². The molecule has 2 aromatic rings. The van der Waals surface area contributed by atoms with Crippen LogP contribution in [0.5, 0.6) is 5.75 Å². The second kappa shape index (κ2) is 8.53. The van der Waals surface area contributed by atoms with Crippen LogP contribution in [0.3, 0.4) is 0 Å². The molecule has 0 saturated heterocycles. The second-order valence-electron chi connectivity index (χ2n) is 5.69. The van der Waals surface area contributed by atoms with E-state index in [4.69, 9.17) is 4.74 Å². The maximum atomic E-state index is 12.1. The van der Waals surface area contributed by atoms with E-state index >= 15 is 0 Å². The summed E-state index contributed by atoms with van der Waals surface area (Å²) in [6, 6.07) is 14.4. The first-order valence-electron chi connectivity index (χ1n) is 7.90. The average molecular weight is 362 g/mol. The third kappa shape index (κ3) is 6.46. The minimum atomic E-state index is -3.41. The highest BCUT2D eigenvalue weighted by Gasteiger charge is 2.10. The van der Waals surface area contributed by atoms with E-state index in [-0.39, 0.29) is 12.3 Å². The third-order valence-corrected chi connectivity index (χ3v) is 3.99. The number of hydrogen-bond acceptors (Lipinski definition) is 4. The molecule has 1 amide bonds. The number of nitrogens with one attached hydrogen (secondary N) is 2. The molecule has 0 aromatic heterocycles. The van der Waals surface area contributed by atoms with Gasteiger partial charge in [-0.05, 0) is 37.1 Å². The van der Waals surface area contributed by atoms with Crippen LogP contribution in [0, 0.1) is 6.92 Å². The zero-order valence-electron chi connectivity index (χ0n) is 14.3. The number of anilines is 2. The fraction of sp³-hybridized carbons (Fsp3) is 0.278. The Morgan fingerprint density at radius 3 is 2.36 bits per heavy atom. The van der Waals surface area contributed by atoms with Crippen LogP contribution < -0.4 is 14.8 Å². The minimum absolute atomic E-state index is 0.198. The van der Waals surface area contributed by atoms with Gasteiger partial charge in [-0.3, -0.25) is 9.52 Å². The second-order valence-corrected chi connectivity index (χ2v) is 7.43. The maximum Gasteiger partial charge on any atom is 0.229 e. The molecule has 2 N–H and O–H groups in total. The number of hydrogen-bond donors (Lipinski definition) is 2. The van der Waals surface area contributed by atoms with Crippen LogP contribution in [-0.2, 0) is 14.8 Å². The van der Waals surface area contributed by atoms with Gasteiger partial charge in [0.05, 0.1) is 24.2 Å². The van der Waals surface area contributed by atoms with Crippen molar-refractivity contribution in [1.29, 1.82) is 0 Å². The molecule has 0 fully saturated rings. The largest absolute Gasteiger partial charge is 0.493 e. The SMILES string of the molecule is Cc1ccccc1OCCCC(=O)Nc1ccccc1NS(C)(=O)=O. The van der Waals surface area contributed by atoms with Crippen LogP contribution in [0.15, 0.2) is 48.5 Å². The normalized spacial score (nSPS) is 11.0. The highest BCUT2D eigenvalue weighted by Crippen LogP contribution is 2.22. The Balaban J connectivity index is 1.84. The molecule has 0 aliphatic heterocycles. The van der Waals surface area contributed by atoms with E-state index in [0.717, 1.165) is 17.6 Å². The monoisotopic (exact) mass is 362 g/mol. The van der Waals surface area contributed by atoms with E-state index in [9.17, 15) is 13.2 Å². The lowest BCUT2D eigenvalue weighted by Gasteiger charge is -2.12. The van der Waals surface area contributed by atoms with E-state index in [2.05, 4.69) is 10.0 Å². The molecule has 7 heteroatoms. The summed E-state index contributed by atoms with van der Waals surface area (Å²) in [7, 11) is -3.41. The van der Waals surface area contributed by atoms with Crippen molar-refractivity contribution in [3.05, 3.63) is 54.1 Å². The Hall–Kier alpha value is -2.54. The molecule has 0 heterocycles. The summed E-state index contributed by atoms with van der Waals surface area (Å²) in [6.07, 6.45) is 1.90. The number of sulfonamides is 1. The molecule has 0 saturated carbocycles. The Morgan fingerprint density at radius 1 is 1.04 bits per heavy atom. The molecule has 0 atom stereocenters. The summed E-state index contributed by atoms with van der Waals surface area (Å²) in [5, 5.41) is 2.72. The number of para-hydroxylation sites is 3. The first kappa shape index (κ1) is 18.8. The number of amides is 1. The van der Waals surface area contributed by atoms with Crippen LogP contribution in [-0.4, -0.2) is 27.2 Å². The number of rotatable bonds is 8. The van der Waals surface area contributed by atoms with E-state index in [0.29, 0.717) is 24.4 Å². The van der Waals surface area contributed by atoms with Crippen LogP contribution in [0.25, 0.3) is 0 Å². The van der Waals surface area contributed by atoms with Crippen molar-refractivity contribution >= 4 is 27.3 Å². The van der Waals surface area contributed by atoms with Gasteiger partial charge in [0.15, 0.2) is 0 Å². The van der Waals surface area contributed by atoms with Crippen molar-refractivity contribution in [1.82, 2.24) is 0 Å². The number of ether oxygens (including phenoxy) is 1. The van der Waals surface area contributed by atoms with Crippen LogP contribution in [0.4, 0.5) is 11.4 Å². The van der Waals surface area contributed by atoms with Gasteiger partial charge in [-0.15, -0.1) is 0 Å². The van der Waals surface area contributed by atoms with Crippen LogP contribution in [0.1, 0.15) is 18.4 Å². The zero-order valence-corrected chi connectivity index (χ0v) is 15.1. The molecular formula is C18H22N2O4S. The Kier molecular flexibility index (Phi) is 6.41. The summed E-state index contributed by atoms with van der Waals surface area (Å²) in [5.74, 6) is 0.613. The molecule has 0 radical (unpaired) electrons. The third-order valence-electron chi connectivity index (χ3n) is 3.40. The van der Waals surface area contributed by atoms with Crippen LogP contribution in [0.2, 0.25) is 0 Å². The Morgan fingerprint density at radius 2 is 1.68 bits per heavy atom. The lowest BCUT2D eigenvalue weighted by atomic mass is 10.2. The topological polar surface area (TPSA) is 84.5 Å². The van der Waals surface area contributed by atoms with Crippen molar-refractivity contribution in [3.8, 4) is 5.75 Å². The predicted octanol–water partition coefficient (Wildman–Crippen LogP) is 3.16.